The summed E-state index contributed by atoms with van der Waals surface area (Å²) in [7, 11) is 0. The Hall–Kier alpha value is -10.5. The quantitative estimate of drug-likeness (QED) is 0.0525. The van der Waals surface area contributed by atoms with Gasteiger partial charge < -0.3 is 28.9 Å². The molecule has 12 aromatic carbocycles. The van der Waals surface area contributed by atoms with Gasteiger partial charge in [0.1, 0.15) is 47.8 Å². The molecule has 0 N–H and O–H groups in total. The first-order valence-corrected chi connectivity index (χ1v) is 30.3. The van der Waals surface area contributed by atoms with Gasteiger partial charge in [0.2, 0.25) is 0 Å². The van der Waals surface area contributed by atoms with E-state index in [1.165, 1.54) is 36.1 Å². The van der Waals surface area contributed by atoms with E-state index in [1.807, 2.05) is 97.3 Å². The number of rotatable bonds is 16. The fourth-order valence-corrected chi connectivity index (χ4v) is 10.8. The summed E-state index contributed by atoms with van der Waals surface area (Å²) in [5.41, 5.74) is 16.0. The number of ketones is 2. The van der Waals surface area contributed by atoms with E-state index in [2.05, 4.69) is 173 Å². The first-order valence-electron chi connectivity index (χ1n) is 30.3. The van der Waals surface area contributed by atoms with Crippen LogP contribution in [0, 0.1) is 39.8 Å². The fraction of sp³-hybridized carbons (Fsp3) is 0.136. The third kappa shape index (κ3) is 15.2. The van der Waals surface area contributed by atoms with Crippen molar-refractivity contribution in [3.63, 3.8) is 0 Å². The van der Waals surface area contributed by atoms with Crippen molar-refractivity contribution in [2.45, 2.75) is 74.4 Å². The SMILES string of the molecule is CC(=O)CC(C)=O.Cc1ccc(OCc2[c-]c3c(cc2)c2ccc(COc4ccc(C)cc4)cc2c2nc(-c4ccccc4)cnc32)cc1.Cc1ccc(OCc2[c-]c3c(cc2)c2ccc(COc4ccc(C)cc4)cc2c2nc(-c4ccccc4)cnc32)cc1.[Ir+3]. The van der Waals surface area contributed by atoms with Gasteiger partial charge in [0, 0.05) is 34.6 Å². The smallest absolute Gasteiger partial charge is 0.491 e. The van der Waals surface area contributed by atoms with Crippen molar-refractivity contribution >= 4 is 76.7 Å². The van der Waals surface area contributed by atoms with E-state index in [4.69, 9.17) is 38.9 Å². The van der Waals surface area contributed by atoms with E-state index in [1.54, 1.807) is 0 Å². The normalized spacial score (nSPS) is 10.9. The molecule has 0 aliphatic heterocycles. The first-order chi connectivity index (χ1) is 44.3. The molecule has 0 saturated carbocycles. The molecule has 0 spiro atoms. The molecule has 0 unspecified atom stereocenters. The standard InChI is InChI=1S/2C38H29N2O2.C5H8O2.Ir/c2*1-25-8-14-30(15-9-25)41-23-27-12-18-32-33-19-13-28(24-42-31-16-10-26(2)11-17-31)21-35(33)38-37(34(32)20-27)39-22-36(40-38)29-6-4-3-5-7-29;1-4(6)3-5(2)7;/h2*3-19,21-22H,23-24H2,1-2H3;3H2,1-2H3;/q2*-1;;+3. The van der Waals surface area contributed by atoms with E-state index >= 15 is 0 Å². The largest absolute Gasteiger partial charge is 3.00 e. The minimum atomic E-state index is -0.0625. The summed E-state index contributed by atoms with van der Waals surface area (Å²) in [5, 5.41) is 8.37. The van der Waals surface area contributed by atoms with Crippen molar-refractivity contribution in [1.29, 1.82) is 0 Å². The number of nitrogens with zero attached hydrogens (tertiary/aromatic N) is 4. The van der Waals surface area contributed by atoms with Crippen molar-refractivity contribution in [3.8, 4) is 45.5 Å². The Morgan fingerprint density at radius 3 is 1.01 bits per heavy atom. The average Bonchev–Trinajstić information content (AvgIpc) is 0.751. The average molecular weight is 1380 g/mol. The predicted octanol–water partition coefficient (Wildman–Crippen LogP) is 18.9. The molecule has 0 radical (unpaired) electrons. The summed E-state index contributed by atoms with van der Waals surface area (Å²) >= 11 is 0. The molecule has 14 rings (SSSR count). The molecule has 92 heavy (non-hydrogen) atoms. The van der Waals surface area contributed by atoms with Gasteiger partial charge in [-0.1, -0.05) is 188 Å². The van der Waals surface area contributed by atoms with Gasteiger partial charge in [-0.3, -0.25) is 19.6 Å². The summed E-state index contributed by atoms with van der Waals surface area (Å²) in [6.07, 6.45) is 3.80. The zero-order chi connectivity index (χ0) is 62.8. The number of aromatic nitrogens is 4. The maximum Gasteiger partial charge on any atom is 3.00 e. The maximum atomic E-state index is 10.0. The van der Waals surface area contributed by atoms with Gasteiger partial charge in [-0.15, -0.1) is 47.2 Å². The zero-order valence-electron chi connectivity index (χ0n) is 52.0. The van der Waals surface area contributed by atoms with Crippen molar-refractivity contribution < 1.29 is 48.6 Å². The van der Waals surface area contributed by atoms with Crippen molar-refractivity contribution in [2.24, 2.45) is 0 Å². The van der Waals surface area contributed by atoms with E-state index in [9.17, 15) is 9.59 Å². The number of ether oxygens (including phenoxy) is 4. The molecule has 11 heteroatoms. The van der Waals surface area contributed by atoms with Crippen LogP contribution in [0.3, 0.4) is 0 Å². The van der Waals surface area contributed by atoms with Gasteiger partial charge in [0.15, 0.2) is 0 Å². The molecule has 0 aliphatic rings. The molecule has 0 atom stereocenters. The van der Waals surface area contributed by atoms with E-state index in [-0.39, 0.29) is 38.1 Å². The molecule has 0 bridgehead atoms. The molecule has 0 saturated heterocycles. The van der Waals surface area contributed by atoms with Crippen LogP contribution in [-0.2, 0) is 56.1 Å². The van der Waals surface area contributed by atoms with Gasteiger partial charge in [-0.2, -0.15) is 0 Å². The Labute approximate surface area is 549 Å². The minimum absolute atomic E-state index is 0. The topological polar surface area (TPSA) is 123 Å². The Kier molecular flexibility index (Phi) is 19.9. The molecule has 0 aliphatic carbocycles. The van der Waals surface area contributed by atoms with E-state index in [0.717, 1.165) is 133 Å². The number of carbonyl (C=O) groups is 2. The van der Waals surface area contributed by atoms with Crippen molar-refractivity contribution in [1.82, 2.24) is 19.9 Å². The molecule has 14 aromatic rings. The van der Waals surface area contributed by atoms with Gasteiger partial charge in [0.25, 0.3) is 0 Å². The van der Waals surface area contributed by atoms with Crippen LogP contribution < -0.4 is 18.9 Å². The van der Waals surface area contributed by atoms with E-state index in [0.29, 0.717) is 26.4 Å². The van der Waals surface area contributed by atoms with Crippen LogP contribution in [0.5, 0.6) is 23.0 Å². The van der Waals surface area contributed by atoms with Crippen molar-refractivity contribution in [2.75, 3.05) is 0 Å². The number of hydrogen-bond acceptors (Lipinski definition) is 10. The van der Waals surface area contributed by atoms with Crippen LogP contribution in [0.1, 0.15) is 64.8 Å². The molecular weight excluding hydrogens is 1320 g/mol. The van der Waals surface area contributed by atoms with E-state index < -0.39 is 0 Å². The Bertz CT molecular complexity index is 4620. The molecule has 0 fully saturated rings. The van der Waals surface area contributed by atoms with Gasteiger partial charge in [0.05, 0.1) is 42.1 Å². The second-order valence-corrected chi connectivity index (χ2v) is 22.9. The van der Waals surface area contributed by atoms with Crippen LogP contribution in [0.2, 0.25) is 0 Å². The van der Waals surface area contributed by atoms with Crippen LogP contribution in [-0.4, -0.2) is 31.5 Å². The van der Waals surface area contributed by atoms with Crippen LogP contribution in [0.25, 0.3) is 87.7 Å². The molecular formula is C81H66IrN4O6+. The Morgan fingerprint density at radius 2 is 0.685 bits per heavy atom. The molecule has 0 amide bonds. The van der Waals surface area contributed by atoms with Crippen LogP contribution in [0.4, 0.5) is 0 Å². The number of Topliss-reactive ketones (excluding diaryl/α,β-unsaturated/α-hetero) is 2. The Balaban J connectivity index is 0.000000169. The predicted molar refractivity (Wildman–Crippen MR) is 366 cm³/mol. The molecule has 2 heterocycles. The number of fused-ring (bicyclic) bond motifs is 12. The molecule has 10 nitrogen and oxygen atoms in total. The summed E-state index contributed by atoms with van der Waals surface area (Å²) in [4.78, 5) is 40.3. The third-order valence-electron chi connectivity index (χ3n) is 15.6. The monoisotopic (exact) mass is 1380 g/mol. The summed E-state index contributed by atoms with van der Waals surface area (Å²) in [5.74, 6) is 3.26. The zero-order valence-corrected chi connectivity index (χ0v) is 54.4. The number of carbonyl (C=O) groups excluding carboxylic acids is 2. The third-order valence-corrected chi connectivity index (χ3v) is 15.6. The number of aryl methyl sites for hydroxylation is 4. The summed E-state index contributed by atoms with van der Waals surface area (Å²) in [6, 6.07) is 81.5. The first kappa shape index (κ1) is 63.1. The Morgan fingerprint density at radius 1 is 0.359 bits per heavy atom. The molecule has 2 aromatic heterocycles. The second kappa shape index (κ2) is 29.0. The number of hydrogen-bond donors (Lipinski definition) is 0. The second-order valence-electron chi connectivity index (χ2n) is 22.9. The van der Waals surface area contributed by atoms with Gasteiger partial charge in [-0.05, 0) is 124 Å². The maximum absolute atomic E-state index is 10.0. The van der Waals surface area contributed by atoms with Crippen molar-refractivity contribution in [3.05, 3.63) is 287 Å². The number of benzene rings is 12. The van der Waals surface area contributed by atoms with Gasteiger partial charge in [-0.25, -0.2) is 0 Å². The van der Waals surface area contributed by atoms with Crippen LogP contribution >= 0.6 is 0 Å². The van der Waals surface area contributed by atoms with Gasteiger partial charge >= 0.3 is 20.1 Å². The fourth-order valence-electron chi connectivity index (χ4n) is 10.8. The molecule has 454 valence electrons. The summed E-state index contributed by atoms with van der Waals surface area (Å²) in [6.45, 7) is 12.9. The summed E-state index contributed by atoms with van der Waals surface area (Å²) < 4.78 is 24.4. The minimum Gasteiger partial charge on any atom is -0.491 e. The van der Waals surface area contributed by atoms with Crippen LogP contribution in [0.15, 0.2) is 231 Å².